The third-order valence-corrected chi connectivity index (χ3v) is 7.78. The Bertz CT molecular complexity index is 1360. The molecule has 3 aromatic rings. The summed E-state index contributed by atoms with van der Waals surface area (Å²) in [5, 5.41) is 11.9. The summed E-state index contributed by atoms with van der Waals surface area (Å²) in [6.07, 6.45) is 1.74. The molecule has 0 fully saturated rings. The second kappa shape index (κ2) is 8.85. The molecule has 1 N–H and O–H groups in total. The highest BCUT2D eigenvalue weighted by molar-refractivity contribution is 9.11. The van der Waals surface area contributed by atoms with Crippen LogP contribution in [0, 0.1) is 0 Å². The Morgan fingerprint density at radius 2 is 2.06 bits per heavy atom. The number of thiazole rings is 1. The number of allylic oxidation sites excluding steroid dienone is 1. The van der Waals surface area contributed by atoms with Crippen LogP contribution < -0.4 is 14.9 Å². The van der Waals surface area contributed by atoms with E-state index in [9.17, 15) is 14.7 Å². The number of ether oxygens (including phenoxy) is 1. The Labute approximate surface area is 202 Å². The topological polar surface area (TPSA) is 80.9 Å². The van der Waals surface area contributed by atoms with E-state index in [-0.39, 0.29) is 17.9 Å². The number of phenols is 1. The molecule has 0 spiro atoms. The molecule has 0 unspecified atom stereocenters. The number of thiophene rings is 1. The second-order valence-electron chi connectivity index (χ2n) is 6.65. The largest absolute Gasteiger partial charge is 0.506 e. The van der Waals surface area contributed by atoms with Crippen LogP contribution in [0.4, 0.5) is 0 Å². The first-order chi connectivity index (χ1) is 14.8. The molecule has 2 aromatic heterocycles. The molecule has 1 atom stereocenters. The molecular weight excluding hydrogens is 568 g/mol. The predicted molar refractivity (Wildman–Crippen MR) is 128 cm³/mol. The molecule has 1 aromatic carbocycles. The number of esters is 1. The third kappa shape index (κ3) is 4.09. The first-order valence-electron chi connectivity index (χ1n) is 9.23. The minimum Gasteiger partial charge on any atom is -0.506 e. The average Bonchev–Trinajstić information content (AvgIpc) is 3.34. The standard InChI is InChI=1S/C21H16Br2N2O4S2/c1-3-29-20(28)16-10(2)24-21-25(17(16)14-5-4-6-30-14)19(27)15(31-21)9-11-7-12(22)18(26)13(23)8-11/h4-9,17,26H,3H2,1-2H3/b15-9-/t17-/m0/s1. The van der Waals surface area contributed by atoms with Gasteiger partial charge in [0, 0.05) is 4.88 Å². The maximum absolute atomic E-state index is 13.4. The number of phenolic OH excluding ortho intramolecular Hbond substituents is 1. The zero-order chi connectivity index (χ0) is 22.3. The number of hydrogen-bond donors (Lipinski definition) is 1. The summed E-state index contributed by atoms with van der Waals surface area (Å²) < 4.78 is 8.33. The van der Waals surface area contributed by atoms with Crippen molar-refractivity contribution in [2.45, 2.75) is 19.9 Å². The van der Waals surface area contributed by atoms with Gasteiger partial charge in [0.15, 0.2) is 4.80 Å². The third-order valence-electron chi connectivity index (χ3n) is 4.67. The van der Waals surface area contributed by atoms with Gasteiger partial charge in [-0.3, -0.25) is 9.36 Å². The summed E-state index contributed by atoms with van der Waals surface area (Å²) >= 11 is 9.36. The van der Waals surface area contributed by atoms with Crippen molar-refractivity contribution in [3.05, 3.63) is 80.0 Å². The summed E-state index contributed by atoms with van der Waals surface area (Å²) in [4.78, 5) is 32.1. The van der Waals surface area contributed by atoms with Crippen LogP contribution in [0.25, 0.3) is 6.08 Å². The monoisotopic (exact) mass is 582 g/mol. The molecule has 4 rings (SSSR count). The lowest BCUT2D eigenvalue weighted by atomic mass is 10.0. The van der Waals surface area contributed by atoms with E-state index in [1.807, 2.05) is 17.5 Å². The molecule has 0 aliphatic carbocycles. The lowest BCUT2D eigenvalue weighted by molar-refractivity contribution is -0.139. The Balaban J connectivity index is 1.94. The molecule has 0 saturated heterocycles. The molecule has 6 nitrogen and oxygen atoms in total. The molecule has 31 heavy (non-hydrogen) atoms. The van der Waals surface area contributed by atoms with Crippen LogP contribution in [0.2, 0.25) is 0 Å². The lowest BCUT2D eigenvalue weighted by Crippen LogP contribution is -2.39. The Hall–Kier alpha value is -2.01. The maximum Gasteiger partial charge on any atom is 0.338 e. The molecule has 160 valence electrons. The van der Waals surface area contributed by atoms with Crippen molar-refractivity contribution in [1.29, 1.82) is 0 Å². The fourth-order valence-corrected chi connectivity index (χ4v) is 6.42. The van der Waals surface area contributed by atoms with Gasteiger partial charge < -0.3 is 9.84 Å². The summed E-state index contributed by atoms with van der Waals surface area (Å²) in [7, 11) is 0. The molecule has 1 aliphatic rings. The summed E-state index contributed by atoms with van der Waals surface area (Å²) in [6, 6.07) is 6.66. The van der Waals surface area contributed by atoms with Gasteiger partial charge in [-0.2, -0.15) is 0 Å². The number of carbonyl (C=O) groups excluding carboxylic acids is 1. The minimum absolute atomic E-state index is 0.0889. The Morgan fingerprint density at radius 1 is 1.35 bits per heavy atom. The number of aromatic nitrogens is 1. The number of aromatic hydroxyl groups is 1. The number of fused-ring (bicyclic) bond motifs is 1. The minimum atomic E-state index is -0.587. The highest BCUT2D eigenvalue weighted by Crippen LogP contribution is 2.34. The van der Waals surface area contributed by atoms with Crippen LogP contribution in [0.1, 0.15) is 30.3 Å². The summed E-state index contributed by atoms with van der Waals surface area (Å²) in [6.45, 7) is 3.75. The van der Waals surface area contributed by atoms with Gasteiger partial charge in [0.1, 0.15) is 11.8 Å². The van der Waals surface area contributed by atoms with Crippen molar-refractivity contribution >= 4 is 66.6 Å². The van der Waals surface area contributed by atoms with Gasteiger partial charge in [0.05, 0.1) is 31.4 Å². The number of hydrogen-bond acceptors (Lipinski definition) is 7. The van der Waals surface area contributed by atoms with Crippen LogP contribution in [0.3, 0.4) is 0 Å². The highest BCUT2D eigenvalue weighted by atomic mass is 79.9. The van der Waals surface area contributed by atoms with E-state index in [1.54, 1.807) is 36.6 Å². The van der Waals surface area contributed by atoms with E-state index in [0.717, 1.165) is 10.4 Å². The van der Waals surface area contributed by atoms with Gasteiger partial charge in [0.25, 0.3) is 5.56 Å². The Morgan fingerprint density at radius 3 is 2.68 bits per heavy atom. The summed E-state index contributed by atoms with van der Waals surface area (Å²) in [5.41, 5.74) is 1.41. The van der Waals surface area contributed by atoms with Crippen LogP contribution in [-0.4, -0.2) is 22.2 Å². The van der Waals surface area contributed by atoms with E-state index in [2.05, 4.69) is 36.9 Å². The second-order valence-corrected chi connectivity index (χ2v) is 10.3. The highest BCUT2D eigenvalue weighted by Gasteiger charge is 2.33. The fraction of sp³-hybridized carbons (Fsp3) is 0.190. The molecule has 0 saturated carbocycles. The fourth-order valence-electron chi connectivity index (χ4n) is 3.33. The van der Waals surface area contributed by atoms with Crippen LogP contribution in [0.15, 0.2) is 59.6 Å². The molecule has 10 heteroatoms. The van der Waals surface area contributed by atoms with E-state index in [4.69, 9.17) is 4.74 Å². The van der Waals surface area contributed by atoms with Gasteiger partial charge in [-0.15, -0.1) is 11.3 Å². The van der Waals surface area contributed by atoms with Crippen molar-refractivity contribution in [3.63, 3.8) is 0 Å². The first kappa shape index (κ1) is 22.2. The Kier molecular flexibility index (Phi) is 6.34. The van der Waals surface area contributed by atoms with Crippen LogP contribution in [0.5, 0.6) is 5.75 Å². The zero-order valence-corrected chi connectivity index (χ0v) is 21.2. The molecule has 1 aliphatic heterocycles. The number of halogens is 2. The van der Waals surface area contributed by atoms with Gasteiger partial charge >= 0.3 is 5.97 Å². The smallest absolute Gasteiger partial charge is 0.338 e. The number of nitrogens with zero attached hydrogens (tertiary/aromatic N) is 2. The van der Waals surface area contributed by atoms with Crippen molar-refractivity contribution in [2.75, 3.05) is 6.61 Å². The summed E-state index contributed by atoms with van der Waals surface area (Å²) in [5.74, 6) is -0.381. The average molecular weight is 584 g/mol. The number of rotatable bonds is 4. The molecule has 0 radical (unpaired) electrons. The van der Waals surface area contributed by atoms with E-state index >= 15 is 0 Å². The van der Waals surface area contributed by atoms with Gasteiger partial charge in [0.2, 0.25) is 0 Å². The van der Waals surface area contributed by atoms with Gasteiger partial charge in [-0.05, 0) is 80.9 Å². The van der Waals surface area contributed by atoms with Crippen molar-refractivity contribution in [2.24, 2.45) is 4.99 Å². The first-order valence-corrected chi connectivity index (χ1v) is 12.5. The van der Waals surface area contributed by atoms with Crippen molar-refractivity contribution in [3.8, 4) is 5.75 Å². The van der Waals surface area contributed by atoms with E-state index in [1.165, 1.54) is 22.7 Å². The molecule has 0 amide bonds. The quantitative estimate of drug-likeness (QED) is 0.469. The van der Waals surface area contributed by atoms with E-state index < -0.39 is 12.0 Å². The zero-order valence-electron chi connectivity index (χ0n) is 16.4. The van der Waals surface area contributed by atoms with Crippen LogP contribution >= 0.6 is 54.5 Å². The van der Waals surface area contributed by atoms with Crippen molar-refractivity contribution in [1.82, 2.24) is 4.57 Å². The maximum atomic E-state index is 13.4. The van der Waals surface area contributed by atoms with Gasteiger partial charge in [-0.25, -0.2) is 9.79 Å². The van der Waals surface area contributed by atoms with Crippen molar-refractivity contribution < 1.29 is 14.6 Å². The van der Waals surface area contributed by atoms with Gasteiger partial charge in [-0.1, -0.05) is 17.4 Å². The molecule has 3 heterocycles. The number of carbonyl (C=O) groups is 1. The molecular formula is C21H16Br2N2O4S2. The lowest BCUT2D eigenvalue weighted by Gasteiger charge is -2.23. The SMILES string of the molecule is CCOC(=O)C1=C(C)N=c2s/c(=C\c3cc(Br)c(O)c(Br)c3)c(=O)n2[C@H]1c1cccs1. The predicted octanol–water partition coefficient (Wildman–Crippen LogP) is 4.09. The molecule has 0 bridgehead atoms. The van der Waals surface area contributed by atoms with Crippen LogP contribution in [-0.2, 0) is 9.53 Å². The number of benzene rings is 1. The normalized spacial score (nSPS) is 16.3. The van der Waals surface area contributed by atoms with E-state index in [0.29, 0.717) is 29.5 Å².